The summed E-state index contributed by atoms with van der Waals surface area (Å²) >= 11 is 0. The Kier molecular flexibility index (Phi) is 6.06. The largest absolute Gasteiger partial charge is 0.348 e. The van der Waals surface area contributed by atoms with Crippen molar-refractivity contribution in [3.8, 4) is 0 Å². The van der Waals surface area contributed by atoms with Crippen LogP contribution in [0.2, 0.25) is 0 Å². The SMILES string of the molecule is CCc1ccc(NS(=O)(=O)c2cccc(C(=O)NCc3cccnc3)c2)cc1. The van der Waals surface area contributed by atoms with E-state index in [1.54, 1.807) is 42.7 Å². The van der Waals surface area contributed by atoms with E-state index in [0.29, 0.717) is 12.2 Å². The van der Waals surface area contributed by atoms with Crippen LogP contribution in [0.1, 0.15) is 28.4 Å². The van der Waals surface area contributed by atoms with Gasteiger partial charge in [0, 0.05) is 30.2 Å². The van der Waals surface area contributed by atoms with E-state index in [1.165, 1.54) is 12.1 Å². The van der Waals surface area contributed by atoms with E-state index in [-0.39, 0.29) is 16.4 Å². The van der Waals surface area contributed by atoms with Crippen molar-refractivity contribution in [2.75, 3.05) is 4.72 Å². The number of sulfonamides is 1. The second-order valence-corrected chi connectivity index (χ2v) is 7.91. The maximum atomic E-state index is 12.7. The fourth-order valence-corrected chi connectivity index (χ4v) is 3.72. The minimum atomic E-state index is -3.80. The number of nitrogens with one attached hydrogen (secondary N) is 2. The minimum absolute atomic E-state index is 0.0288. The molecule has 0 spiro atoms. The number of nitrogens with zero attached hydrogens (tertiary/aromatic N) is 1. The van der Waals surface area contributed by atoms with Crippen LogP contribution in [0.5, 0.6) is 0 Å². The second-order valence-electron chi connectivity index (χ2n) is 6.23. The molecule has 2 aromatic carbocycles. The number of hydrogen-bond acceptors (Lipinski definition) is 4. The number of carbonyl (C=O) groups is 1. The zero-order valence-corrected chi connectivity index (χ0v) is 16.2. The predicted molar refractivity (Wildman–Crippen MR) is 108 cm³/mol. The van der Waals surface area contributed by atoms with Gasteiger partial charge in [-0.1, -0.05) is 31.2 Å². The summed E-state index contributed by atoms with van der Waals surface area (Å²) in [4.78, 5) is 16.4. The van der Waals surface area contributed by atoms with E-state index >= 15 is 0 Å². The molecule has 2 N–H and O–H groups in total. The molecule has 28 heavy (non-hydrogen) atoms. The van der Waals surface area contributed by atoms with E-state index in [4.69, 9.17) is 0 Å². The molecule has 0 atom stereocenters. The minimum Gasteiger partial charge on any atom is -0.348 e. The Morgan fingerprint density at radius 3 is 2.46 bits per heavy atom. The van der Waals surface area contributed by atoms with Crippen LogP contribution < -0.4 is 10.0 Å². The molecule has 0 aliphatic heterocycles. The van der Waals surface area contributed by atoms with Crippen molar-refractivity contribution in [2.24, 2.45) is 0 Å². The molecule has 0 saturated heterocycles. The average Bonchev–Trinajstić information content (AvgIpc) is 2.73. The van der Waals surface area contributed by atoms with Crippen molar-refractivity contribution in [3.05, 3.63) is 89.7 Å². The summed E-state index contributed by atoms with van der Waals surface area (Å²) < 4.78 is 27.9. The number of pyridine rings is 1. The van der Waals surface area contributed by atoms with Gasteiger partial charge in [-0.25, -0.2) is 8.42 Å². The first-order chi connectivity index (χ1) is 13.5. The Hall–Kier alpha value is -3.19. The van der Waals surface area contributed by atoms with Crippen molar-refractivity contribution >= 4 is 21.6 Å². The lowest BCUT2D eigenvalue weighted by Gasteiger charge is -2.10. The first kappa shape index (κ1) is 19.6. The molecule has 3 rings (SSSR count). The molecule has 0 aliphatic rings. The quantitative estimate of drug-likeness (QED) is 0.642. The summed E-state index contributed by atoms with van der Waals surface area (Å²) in [5.41, 5.74) is 2.73. The molecule has 0 bridgehead atoms. The van der Waals surface area contributed by atoms with Crippen molar-refractivity contribution in [1.82, 2.24) is 10.3 Å². The molecule has 1 aromatic heterocycles. The number of benzene rings is 2. The first-order valence-corrected chi connectivity index (χ1v) is 10.3. The third kappa shape index (κ3) is 4.95. The van der Waals surface area contributed by atoms with Gasteiger partial charge < -0.3 is 5.32 Å². The number of aromatic nitrogens is 1. The van der Waals surface area contributed by atoms with Gasteiger partial charge in [0.1, 0.15) is 0 Å². The smallest absolute Gasteiger partial charge is 0.261 e. The second kappa shape index (κ2) is 8.67. The van der Waals surface area contributed by atoms with Gasteiger partial charge >= 0.3 is 0 Å². The Morgan fingerprint density at radius 2 is 1.79 bits per heavy atom. The molecule has 1 heterocycles. The van der Waals surface area contributed by atoms with Crippen LogP contribution >= 0.6 is 0 Å². The number of carbonyl (C=O) groups excluding carboxylic acids is 1. The highest BCUT2D eigenvalue weighted by molar-refractivity contribution is 7.92. The Balaban J connectivity index is 1.72. The summed E-state index contributed by atoms with van der Waals surface area (Å²) in [7, 11) is -3.80. The summed E-state index contributed by atoms with van der Waals surface area (Å²) in [6.07, 6.45) is 4.20. The van der Waals surface area contributed by atoms with Gasteiger partial charge in [0.2, 0.25) is 0 Å². The molecule has 1 amide bonds. The van der Waals surface area contributed by atoms with Gasteiger partial charge in [-0.15, -0.1) is 0 Å². The lowest BCUT2D eigenvalue weighted by Crippen LogP contribution is -2.23. The van der Waals surface area contributed by atoms with Crippen LogP contribution in [0.25, 0.3) is 0 Å². The highest BCUT2D eigenvalue weighted by Gasteiger charge is 2.16. The maximum absolute atomic E-state index is 12.7. The molecule has 0 saturated carbocycles. The van der Waals surface area contributed by atoms with Crippen LogP contribution in [0, 0.1) is 0 Å². The van der Waals surface area contributed by atoms with Gasteiger partial charge in [0.15, 0.2) is 0 Å². The zero-order valence-electron chi connectivity index (χ0n) is 15.4. The molecular formula is C21H21N3O3S. The maximum Gasteiger partial charge on any atom is 0.261 e. The fraction of sp³-hybridized carbons (Fsp3) is 0.143. The summed E-state index contributed by atoms with van der Waals surface area (Å²) in [5, 5.41) is 2.76. The van der Waals surface area contributed by atoms with Gasteiger partial charge in [0.05, 0.1) is 4.90 Å². The third-order valence-electron chi connectivity index (χ3n) is 4.20. The fourth-order valence-electron chi connectivity index (χ4n) is 2.61. The highest BCUT2D eigenvalue weighted by atomic mass is 32.2. The van der Waals surface area contributed by atoms with Gasteiger partial charge in [-0.05, 0) is 53.9 Å². The van der Waals surface area contributed by atoms with E-state index in [9.17, 15) is 13.2 Å². The van der Waals surface area contributed by atoms with E-state index in [0.717, 1.165) is 17.5 Å². The number of aryl methyl sites for hydroxylation is 1. The molecule has 6 nitrogen and oxygen atoms in total. The predicted octanol–water partition coefficient (Wildman–Crippen LogP) is 3.37. The van der Waals surface area contributed by atoms with E-state index < -0.39 is 10.0 Å². The van der Waals surface area contributed by atoms with Crippen LogP contribution in [-0.4, -0.2) is 19.3 Å². The van der Waals surface area contributed by atoms with Crippen LogP contribution in [0.3, 0.4) is 0 Å². The average molecular weight is 395 g/mol. The van der Waals surface area contributed by atoms with Crippen LogP contribution in [-0.2, 0) is 23.0 Å². The van der Waals surface area contributed by atoms with Crippen molar-refractivity contribution < 1.29 is 13.2 Å². The molecule has 0 unspecified atom stereocenters. The van der Waals surface area contributed by atoms with Gasteiger partial charge in [-0.2, -0.15) is 0 Å². The summed E-state index contributed by atoms with van der Waals surface area (Å²) in [6.45, 7) is 2.34. The topological polar surface area (TPSA) is 88.2 Å². The molecule has 7 heteroatoms. The van der Waals surface area contributed by atoms with E-state index in [2.05, 4.69) is 15.0 Å². The summed E-state index contributed by atoms with van der Waals surface area (Å²) in [6, 6.07) is 16.8. The van der Waals surface area contributed by atoms with Crippen LogP contribution in [0.4, 0.5) is 5.69 Å². The van der Waals surface area contributed by atoms with Gasteiger partial charge in [-0.3, -0.25) is 14.5 Å². The Morgan fingerprint density at radius 1 is 1.00 bits per heavy atom. The van der Waals surface area contributed by atoms with Crippen LogP contribution in [0.15, 0.2) is 78.0 Å². The van der Waals surface area contributed by atoms with Crippen molar-refractivity contribution in [1.29, 1.82) is 0 Å². The van der Waals surface area contributed by atoms with E-state index in [1.807, 2.05) is 25.1 Å². The number of anilines is 1. The van der Waals surface area contributed by atoms with Gasteiger partial charge in [0.25, 0.3) is 15.9 Å². The normalized spacial score (nSPS) is 11.0. The Labute approximate surface area is 164 Å². The monoisotopic (exact) mass is 395 g/mol. The van der Waals surface area contributed by atoms with Crippen molar-refractivity contribution in [3.63, 3.8) is 0 Å². The van der Waals surface area contributed by atoms with Crippen molar-refractivity contribution in [2.45, 2.75) is 24.8 Å². The molecule has 0 radical (unpaired) electrons. The molecule has 144 valence electrons. The standard InChI is InChI=1S/C21H21N3O3S/c1-2-16-8-10-19(11-9-16)24-28(26,27)20-7-3-6-18(13-20)21(25)23-15-17-5-4-12-22-14-17/h3-14,24H,2,15H2,1H3,(H,23,25). The number of rotatable bonds is 7. The number of hydrogen-bond donors (Lipinski definition) is 2. The zero-order chi connectivity index (χ0) is 20.0. The Bertz CT molecular complexity index is 1050. The summed E-state index contributed by atoms with van der Waals surface area (Å²) in [5.74, 6) is -0.354. The number of amides is 1. The third-order valence-corrected chi connectivity index (χ3v) is 5.58. The highest BCUT2D eigenvalue weighted by Crippen LogP contribution is 2.18. The molecular weight excluding hydrogens is 374 g/mol. The lowest BCUT2D eigenvalue weighted by atomic mass is 10.2. The lowest BCUT2D eigenvalue weighted by molar-refractivity contribution is 0.0950. The molecule has 0 aliphatic carbocycles. The molecule has 3 aromatic rings. The first-order valence-electron chi connectivity index (χ1n) is 8.87. The molecule has 0 fully saturated rings.